The van der Waals surface area contributed by atoms with E-state index >= 15 is 0 Å². The summed E-state index contributed by atoms with van der Waals surface area (Å²) in [5.74, 6) is 0.0496. The van der Waals surface area contributed by atoms with Gasteiger partial charge in [0.25, 0.3) is 5.91 Å². The number of rotatable bonds is 8. The quantitative estimate of drug-likeness (QED) is 0.483. The van der Waals surface area contributed by atoms with E-state index in [2.05, 4.69) is 37.3 Å². The Morgan fingerprint density at radius 2 is 1.45 bits per heavy atom. The van der Waals surface area contributed by atoms with Crippen molar-refractivity contribution >= 4 is 5.91 Å². The summed E-state index contributed by atoms with van der Waals surface area (Å²) < 4.78 is 6.67. The minimum absolute atomic E-state index is 0.0496. The number of carbonyl (C=O) groups is 1. The lowest BCUT2D eigenvalue weighted by Gasteiger charge is -2.39. The molecule has 0 saturated heterocycles. The number of carbonyl (C=O) groups excluding carboxylic acids is 1. The first-order chi connectivity index (χ1) is 14.2. The van der Waals surface area contributed by atoms with Gasteiger partial charge in [0.15, 0.2) is 5.72 Å². The largest absolute Gasteiger partial charge is 0.346 e. The Morgan fingerprint density at radius 1 is 0.828 bits per heavy atom. The molecule has 1 heterocycles. The summed E-state index contributed by atoms with van der Waals surface area (Å²) in [6.07, 6.45) is 2.82. The molecule has 3 aromatic carbocycles. The van der Waals surface area contributed by atoms with E-state index in [4.69, 9.17) is 4.74 Å². The van der Waals surface area contributed by atoms with Gasteiger partial charge in [-0.2, -0.15) is 0 Å². The molecule has 3 nitrogen and oxygen atoms in total. The molecule has 3 heteroatoms. The number of nitrogens with zero attached hydrogens (tertiary/aromatic N) is 1. The van der Waals surface area contributed by atoms with Crippen molar-refractivity contribution in [3.63, 3.8) is 0 Å². The van der Waals surface area contributed by atoms with Crippen LogP contribution in [-0.2, 0) is 23.6 Å². The van der Waals surface area contributed by atoms with Gasteiger partial charge in [-0.15, -0.1) is 0 Å². The highest BCUT2D eigenvalue weighted by Gasteiger charge is 2.50. The average molecular weight is 386 g/mol. The summed E-state index contributed by atoms with van der Waals surface area (Å²) in [5.41, 5.74) is 3.23. The molecule has 29 heavy (non-hydrogen) atoms. The molecule has 0 radical (unpaired) electrons. The maximum Gasteiger partial charge on any atom is 0.257 e. The van der Waals surface area contributed by atoms with Gasteiger partial charge >= 0.3 is 0 Å². The molecule has 1 aliphatic rings. The van der Waals surface area contributed by atoms with Gasteiger partial charge in [-0.1, -0.05) is 92.2 Å². The normalized spacial score (nSPS) is 18.1. The fourth-order valence-electron chi connectivity index (χ4n) is 4.12. The third-order valence-electron chi connectivity index (χ3n) is 5.63. The molecule has 0 N–H and O–H groups in total. The van der Waals surface area contributed by atoms with Gasteiger partial charge in [0.05, 0.1) is 6.61 Å². The highest BCUT2D eigenvalue weighted by molar-refractivity contribution is 5.99. The van der Waals surface area contributed by atoms with Crippen LogP contribution in [0.5, 0.6) is 0 Å². The van der Waals surface area contributed by atoms with E-state index < -0.39 is 5.72 Å². The van der Waals surface area contributed by atoms with Crippen LogP contribution >= 0.6 is 0 Å². The van der Waals surface area contributed by atoms with Crippen LogP contribution < -0.4 is 0 Å². The van der Waals surface area contributed by atoms with Crippen molar-refractivity contribution in [3.8, 4) is 0 Å². The molecule has 0 bridgehead atoms. The molecular formula is C26H27NO2. The molecule has 0 saturated carbocycles. The van der Waals surface area contributed by atoms with E-state index in [9.17, 15) is 4.79 Å². The second-order valence-corrected chi connectivity index (χ2v) is 7.58. The number of fused-ring (bicyclic) bond motifs is 1. The Kier molecular flexibility index (Phi) is 5.77. The number of unbranched alkanes of at least 4 members (excludes halogenated alkanes) is 1. The summed E-state index contributed by atoms with van der Waals surface area (Å²) in [4.78, 5) is 15.4. The molecule has 148 valence electrons. The van der Waals surface area contributed by atoms with Crippen LogP contribution in [0, 0.1) is 0 Å². The molecule has 0 fully saturated rings. The molecule has 4 rings (SSSR count). The Balaban J connectivity index is 1.74. The summed E-state index contributed by atoms with van der Waals surface area (Å²) >= 11 is 0. The molecule has 3 aromatic rings. The molecular weight excluding hydrogens is 358 g/mol. The fourth-order valence-corrected chi connectivity index (χ4v) is 4.12. The standard InChI is InChI=1S/C26H27NO2/c1-2-3-18-26(29-20-22-14-8-5-9-15-22)24-17-11-10-16-23(24)25(28)27(26)19-21-12-6-4-7-13-21/h4-17H,2-3,18-20H2,1H3. The lowest BCUT2D eigenvalue weighted by Crippen LogP contribution is -2.45. The van der Waals surface area contributed by atoms with Gasteiger partial charge < -0.3 is 9.64 Å². The number of amides is 1. The maximum absolute atomic E-state index is 13.4. The third kappa shape index (κ3) is 3.83. The SMILES string of the molecule is CCCCC1(OCc2ccccc2)c2ccccc2C(=O)N1Cc1ccccc1. The molecule has 0 aliphatic carbocycles. The van der Waals surface area contributed by atoms with Crippen molar-refractivity contribution < 1.29 is 9.53 Å². The predicted molar refractivity (Wildman–Crippen MR) is 115 cm³/mol. The Morgan fingerprint density at radius 3 is 2.14 bits per heavy atom. The summed E-state index contributed by atoms with van der Waals surface area (Å²) in [5, 5.41) is 0. The van der Waals surface area contributed by atoms with E-state index in [1.165, 1.54) is 0 Å². The van der Waals surface area contributed by atoms with Crippen LogP contribution in [0.25, 0.3) is 0 Å². The molecule has 1 amide bonds. The number of hydrogen-bond acceptors (Lipinski definition) is 2. The minimum atomic E-state index is -0.741. The average Bonchev–Trinajstić information content (AvgIpc) is 3.01. The van der Waals surface area contributed by atoms with Crippen LogP contribution in [0.15, 0.2) is 84.9 Å². The summed E-state index contributed by atoms with van der Waals surface area (Å²) in [7, 11) is 0. The second-order valence-electron chi connectivity index (χ2n) is 7.58. The zero-order valence-corrected chi connectivity index (χ0v) is 16.9. The zero-order chi connectivity index (χ0) is 20.1. The van der Waals surface area contributed by atoms with Crippen molar-refractivity contribution in [1.29, 1.82) is 0 Å². The van der Waals surface area contributed by atoms with Crippen molar-refractivity contribution in [2.75, 3.05) is 0 Å². The predicted octanol–water partition coefficient (Wildman–Crippen LogP) is 5.90. The topological polar surface area (TPSA) is 29.5 Å². The van der Waals surface area contributed by atoms with Gasteiger partial charge in [0, 0.05) is 17.7 Å². The zero-order valence-electron chi connectivity index (χ0n) is 16.9. The Hall–Kier alpha value is -2.91. The molecule has 1 atom stereocenters. The van der Waals surface area contributed by atoms with E-state index in [0.717, 1.165) is 41.5 Å². The summed E-state index contributed by atoms with van der Waals surface area (Å²) in [6, 6.07) is 28.3. The van der Waals surface area contributed by atoms with Crippen LogP contribution in [-0.4, -0.2) is 10.8 Å². The van der Waals surface area contributed by atoms with Gasteiger partial charge in [-0.25, -0.2) is 0 Å². The van der Waals surface area contributed by atoms with Crippen LogP contribution in [0.2, 0.25) is 0 Å². The van der Waals surface area contributed by atoms with E-state index in [0.29, 0.717) is 13.2 Å². The van der Waals surface area contributed by atoms with Gasteiger partial charge in [0.1, 0.15) is 0 Å². The first-order valence-corrected chi connectivity index (χ1v) is 10.4. The fraction of sp³-hybridized carbons (Fsp3) is 0.269. The minimum Gasteiger partial charge on any atom is -0.346 e. The highest BCUT2D eigenvalue weighted by atomic mass is 16.5. The Bertz CT molecular complexity index is 955. The van der Waals surface area contributed by atoms with Crippen molar-refractivity contribution in [3.05, 3.63) is 107 Å². The Labute approximate surface area is 172 Å². The summed E-state index contributed by atoms with van der Waals surface area (Å²) in [6.45, 7) is 3.18. The molecule has 0 aromatic heterocycles. The van der Waals surface area contributed by atoms with Crippen molar-refractivity contribution in [2.24, 2.45) is 0 Å². The van der Waals surface area contributed by atoms with Crippen LogP contribution in [0.4, 0.5) is 0 Å². The molecule has 1 aliphatic heterocycles. The van der Waals surface area contributed by atoms with Crippen molar-refractivity contribution in [2.45, 2.75) is 45.1 Å². The van der Waals surface area contributed by atoms with Gasteiger partial charge in [0.2, 0.25) is 0 Å². The van der Waals surface area contributed by atoms with Crippen LogP contribution in [0.3, 0.4) is 0 Å². The smallest absolute Gasteiger partial charge is 0.257 e. The van der Waals surface area contributed by atoms with E-state index in [1.807, 2.05) is 59.5 Å². The lowest BCUT2D eigenvalue weighted by molar-refractivity contribution is -0.156. The van der Waals surface area contributed by atoms with E-state index in [-0.39, 0.29) is 5.91 Å². The third-order valence-corrected chi connectivity index (χ3v) is 5.63. The monoisotopic (exact) mass is 385 g/mol. The lowest BCUT2D eigenvalue weighted by atomic mass is 9.95. The maximum atomic E-state index is 13.4. The van der Waals surface area contributed by atoms with Crippen molar-refractivity contribution in [1.82, 2.24) is 4.90 Å². The van der Waals surface area contributed by atoms with Gasteiger partial charge in [-0.3, -0.25) is 4.79 Å². The number of ether oxygens (including phenoxy) is 1. The van der Waals surface area contributed by atoms with Gasteiger partial charge in [-0.05, 0) is 30.0 Å². The van der Waals surface area contributed by atoms with E-state index in [1.54, 1.807) is 0 Å². The molecule has 1 unspecified atom stereocenters. The first-order valence-electron chi connectivity index (χ1n) is 10.4. The highest BCUT2D eigenvalue weighted by Crippen LogP contribution is 2.45. The number of benzene rings is 3. The first kappa shape index (κ1) is 19.4. The van der Waals surface area contributed by atoms with Crippen LogP contribution in [0.1, 0.15) is 53.2 Å². The molecule has 0 spiro atoms. The second kappa shape index (κ2) is 8.62. The number of hydrogen-bond donors (Lipinski definition) is 0.